The van der Waals surface area contributed by atoms with E-state index in [4.69, 9.17) is 0 Å². The van der Waals surface area contributed by atoms with E-state index in [1.54, 1.807) is 37.1 Å². The van der Waals surface area contributed by atoms with Gasteiger partial charge in [-0.1, -0.05) is 17.3 Å². The van der Waals surface area contributed by atoms with Crippen molar-refractivity contribution >= 4 is 22.9 Å². The number of hydrogen-bond acceptors (Lipinski definition) is 9. The predicted octanol–water partition coefficient (Wildman–Crippen LogP) is 2.04. The van der Waals surface area contributed by atoms with Crippen molar-refractivity contribution in [2.24, 2.45) is 5.92 Å². The van der Waals surface area contributed by atoms with Crippen molar-refractivity contribution in [3.63, 3.8) is 0 Å². The number of nitrogens with zero attached hydrogens (tertiary/aromatic N) is 9. The summed E-state index contributed by atoms with van der Waals surface area (Å²) in [5, 5.41) is 30.6. The molecule has 1 aromatic carbocycles. The fourth-order valence-corrected chi connectivity index (χ4v) is 5.32. The quantitative estimate of drug-likeness (QED) is 0.419. The molecule has 0 radical (unpaired) electrons. The zero-order chi connectivity index (χ0) is 25.6. The van der Waals surface area contributed by atoms with Crippen LogP contribution >= 0.6 is 0 Å². The first-order chi connectivity index (χ1) is 17.9. The molecule has 0 spiro atoms. The summed E-state index contributed by atoms with van der Waals surface area (Å²) in [7, 11) is 0. The van der Waals surface area contributed by atoms with Gasteiger partial charge in [-0.05, 0) is 45.6 Å². The molecule has 0 unspecified atom stereocenters. The molecule has 4 aromatic rings. The number of nitrogens with one attached hydrogen (secondary N) is 1. The molecule has 6 rings (SSSR count). The van der Waals surface area contributed by atoms with Gasteiger partial charge in [-0.3, -0.25) is 4.79 Å². The van der Waals surface area contributed by atoms with E-state index >= 15 is 0 Å². The smallest absolute Gasteiger partial charge is 0.226 e. The summed E-state index contributed by atoms with van der Waals surface area (Å²) in [5.41, 5.74) is 1.08. The van der Waals surface area contributed by atoms with E-state index < -0.39 is 5.60 Å². The molecule has 0 atom stereocenters. The van der Waals surface area contributed by atoms with Crippen LogP contribution in [0.1, 0.15) is 50.9 Å². The van der Waals surface area contributed by atoms with E-state index in [1.807, 2.05) is 27.7 Å². The van der Waals surface area contributed by atoms with E-state index in [2.05, 4.69) is 35.8 Å². The summed E-state index contributed by atoms with van der Waals surface area (Å²) < 4.78 is 3.67. The Morgan fingerprint density at radius 1 is 1.11 bits per heavy atom. The lowest BCUT2D eigenvalue weighted by Gasteiger charge is -2.34. The number of benzene rings is 1. The molecule has 37 heavy (non-hydrogen) atoms. The minimum Gasteiger partial charge on any atom is -0.386 e. The number of aliphatic hydroxyl groups is 1. The second-order valence-corrected chi connectivity index (χ2v) is 10.4. The lowest BCUT2D eigenvalue weighted by Crippen LogP contribution is -2.43. The molecule has 1 aliphatic carbocycles. The number of anilines is 1. The van der Waals surface area contributed by atoms with Gasteiger partial charge in [-0.15, -0.1) is 15.3 Å². The Bertz CT molecular complexity index is 1430. The summed E-state index contributed by atoms with van der Waals surface area (Å²) in [4.78, 5) is 24.1. The molecular weight excluding hydrogens is 472 g/mol. The van der Waals surface area contributed by atoms with Crippen LogP contribution in [-0.4, -0.2) is 68.2 Å². The van der Waals surface area contributed by atoms with Crippen LogP contribution in [0.3, 0.4) is 0 Å². The molecule has 2 aliphatic rings. The molecular formula is C25H30N10O2. The normalized spacial score (nSPS) is 20.1. The Labute approximate surface area is 213 Å². The summed E-state index contributed by atoms with van der Waals surface area (Å²) in [6, 6.07) is 7.62. The summed E-state index contributed by atoms with van der Waals surface area (Å²) in [6.45, 7) is 5.45. The first-order valence-electron chi connectivity index (χ1n) is 12.7. The standard InChI is InChI=1S/C25H30N10O2/c1-25(2,37)18-4-3-5-19-22(18)31-32-35(19)20-10-11-26-24(29-20)28-17-8-6-16(7-9-17)23(36)33-12-13-34-15-27-30-21(34)14-33/h3-5,10-11,15-17,37H,6-9,12-14H2,1-2H3,(H,26,28,29). The largest absolute Gasteiger partial charge is 0.386 e. The highest BCUT2D eigenvalue weighted by atomic mass is 16.3. The highest BCUT2D eigenvalue weighted by molar-refractivity contribution is 5.80. The summed E-state index contributed by atoms with van der Waals surface area (Å²) in [5.74, 6) is 2.21. The predicted molar refractivity (Wildman–Crippen MR) is 135 cm³/mol. The van der Waals surface area contributed by atoms with Crippen LogP contribution in [0.25, 0.3) is 16.9 Å². The minimum absolute atomic E-state index is 0.0336. The Balaban J connectivity index is 1.11. The minimum atomic E-state index is -1.04. The van der Waals surface area contributed by atoms with Gasteiger partial charge in [0.2, 0.25) is 11.9 Å². The number of amides is 1. The molecule has 1 aliphatic heterocycles. The van der Waals surface area contributed by atoms with Crippen LogP contribution < -0.4 is 5.32 Å². The maximum atomic E-state index is 13.1. The number of fused-ring (bicyclic) bond motifs is 2. The third-order valence-electron chi connectivity index (χ3n) is 7.35. The average molecular weight is 503 g/mol. The fourth-order valence-electron chi connectivity index (χ4n) is 5.32. The first kappa shape index (κ1) is 23.5. The van der Waals surface area contributed by atoms with E-state index in [-0.39, 0.29) is 17.9 Å². The second kappa shape index (κ2) is 9.18. The Morgan fingerprint density at radius 3 is 2.76 bits per heavy atom. The molecule has 1 amide bonds. The van der Waals surface area contributed by atoms with Crippen molar-refractivity contribution in [1.82, 2.24) is 44.6 Å². The number of aromatic nitrogens is 8. The second-order valence-electron chi connectivity index (χ2n) is 10.4. The topological polar surface area (TPSA) is 140 Å². The first-order valence-corrected chi connectivity index (χ1v) is 12.7. The molecule has 3 aromatic heterocycles. The Morgan fingerprint density at radius 2 is 1.95 bits per heavy atom. The third kappa shape index (κ3) is 4.52. The molecule has 12 heteroatoms. The van der Waals surface area contributed by atoms with Gasteiger partial charge in [-0.25, -0.2) is 4.98 Å². The van der Waals surface area contributed by atoms with Crippen molar-refractivity contribution in [2.75, 3.05) is 11.9 Å². The third-order valence-corrected chi connectivity index (χ3v) is 7.35. The van der Waals surface area contributed by atoms with Gasteiger partial charge in [0.05, 0.1) is 17.7 Å². The molecule has 12 nitrogen and oxygen atoms in total. The van der Waals surface area contributed by atoms with Crippen molar-refractivity contribution in [1.29, 1.82) is 0 Å². The van der Waals surface area contributed by atoms with Crippen molar-refractivity contribution in [3.8, 4) is 5.82 Å². The molecule has 0 saturated heterocycles. The number of rotatable bonds is 5. The van der Waals surface area contributed by atoms with Crippen LogP contribution in [0.5, 0.6) is 0 Å². The van der Waals surface area contributed by atoms with E-state index in [0.29, 0.717) is 35.9 Å². The lowest BCUT2D eigenvalue weighted by molar-refractivity contribution is -0.138. The highest BCUT2D eigenvalue weighted by Gasteiger charge is 2.32. The zero-order valence-corrected chi connectivity index (χ0v) is 20.9. The SMILES string of the molecule is CC(C)(O)c1cccc2c1nnn2-c1ccnc(NC2CCC(C(=O)N3CCn4cnnc4C3)CC2)n1. The van der Waals surface area contributed by atoms with Gasteiger partial charge < -0.3 is 19.9 Å². The number of carbonyl (C=O) groups is 1. The van der Waals surface area contributed by atoms with Crippen LogP contribution in [0, 0.1) is 5.92 Å². The van der Waals surface area contributed by atoms with Crippen LogP contribution in [0.15, 0.2) is 36.8 Å². The van der Waals surface area contributed by atoms with Gasteiger partial charge in [0.1, 0.15) is 11.8 Å². The Kier molecular flexibility index (Phi) is 5.82. The number of carbonyl (C=O) groups excluding carboxylic acids is 1. The molecule has 1 saturated carbocycles. The van der Waals surface area contributed by atoms with E-state index in [1.165, 1.54) is 0 Å². The average Bonchev–Trinajstić information content (AvgIpc) is 3.55. The van der Waals surface area contributed by atoms with Crippen molar-refractivity contribution < 1.29 is 9.90 Å². The van der Waals surface area contributed by atoms with E-state index in [9.17, 15) is 9.90 Å². The Hall–Kier alpha value is -3.93. The van der Waals surface area contributed by atoms with E-state index in [0.717, 1.165) is 43.6 Å². The fraction of sp³-hybridized carbons (Fsp3) is 0.480. The van der Waals surface area contributed by atoms with Gasteiger partial charge in [-0.2, -0.15) is 9.67 Å². The van der Waals surface area contributed by atoms with Gasteiger partial charge in [0, 0.05) is 42.9 Å². The van der Waals surface area contributed by atoms with Crippen LogP contribution in [-0.2, 0) is 23.5 Å². The monoisotopic (exact) mass is 502 g/mol. The lowest BCUT2D eigenvalue weighted by atomic mass is 9.85. The molecule has 4 heterocycles. The molecule has 192 valence electrons. The molecule has 1 fully saturated rings. The zero-order valence-electron chi connectivity index (χ0n) is 20.9. The maximum Gasteiger partial charge on any atom is 0.226 e. The van der Waals surface area contributed by atoms with Gasteiger partial charge in [0.25, 0.3) is 0 Å². The molecule has 2 N–H and O–H groups in total. The van der Waals surface area contributed by atoms with Crippen LogP contribution in [0.4, 0.5) is 5.95 Å². The number of hydrogen-bond donors (Lipinski definition) is 2. The van der Waals surface area contributed by atoms with Crippen LogP contribution in [0.2, 0.25) is 0 Å². The van der Waals surface area contributed by atoms with Gasteiger partial charge in [0.15, 0.2) is 11.6 Å². The highest BCUT2D eigenvalue weighted by Crippen LogP contribution is 2.30. The molecule has 0 bridgehead atoms. The van der Waals surface area contributed by atoms with Crippen molar-refractivity contribution in [2.45, 2.75) is 64.3 Å². The summed E-state index contributed by atoms with van der Waals surface area (Å²) in [6.07, 6.45) is 6.82. The van der Waals surface area contributed by atoms with Gasteiger partial charge >= 0.3 is 0 Å². The summed E-state index contributed by atoms with van der Waals surface area (Å²) >= 11 is 0. The maximum absolute atomic E-state index is 13.1. The van der Waals surface area contributed by atoms with Crippen molar-refractivity contribution in [3.05, 3.63) is 48.2 Å².